The average Bonchev–Trinajstić information content (AvgIpc) is 2.19. The van der Waals surface area contributed by atoms with Gasteiger partial charge in [0, 0.05) is 5.69 Å². The van der Waals surface area contributed by atoms with Gasteiger partial charge in [-0.05, 0) is 35.5 Å². The van der Waals surface area contributed by atoms with Crippen LogP contribution in [-0.2, 0) is 0 Å². The predicted octanol–water partition coefficient (Wildman–Crippen LogP) is 2.31. The molecule has 0 aromatic heterocycles. The van der Waals surface area contributed by atoms with Gasteiger partial charge in [-0.25, -0.2) is 0 Å². The lowest BCUT2D eigenvalue weighted by molar-refractivity contribution is 1.57. The molecule has 4 N–H and O–H groups in total. The van der Waals surface area contributed by atoms with Gasteiger partial charge in [0.05, 0.1) is 0 Å². The number of rotatable bonds is 3. The van der Waals surface area contributed by atoms with Gasteiger partial charge in [0.2, 0.25) is 0 Å². The van der Waals surface area contributed by atoms with Gasteiger partial charge in [0.15, 0.2) is 0 Å². The first kappa shape index (κ1) is 10.1. The molecule has 0 spiro atoms. The molecule has 0 unspecified atom stereocenters. The summed E-state index contributed by atoms with van der Waals surface area (Å²) < 4.78 is 0. The van der Waals surface area contributed by atoms with Crippen molar-refractivity contribution >= 4 is 11.3 Å². The van der Waals surface area contributed by atoms with Crippen LogP contribution in [-0.4, -0.2) is 0 Å². The first-order chi connectivity index (χ1) is 6.77. The topological polar surface area (TPSA) is 52.0 Å². The van der Waals surface area contributed by atoms with E-state index < -0.39 is 0 Å². The van der Waals surface area contributed by atoms with Crippen LogP contribution in [0.2, 0.25) is 0 Å². The first-order valence-corrected chi connectivity index (χ1v) is 4.35. The maximum atomic E-state index is 5.59. The minimum atomic E-state index is 0.753. The molecule has 0 bridgehead atoms. The summed E-state index contributed by atoms with van der Waals surface area (Å²) in [5, 5.41) is 0. The van der Waals surface area contributed by atoms with Crippen LogP contribution in [0.4, 0.5) is 5.69 Å². The zero-order valence-electron chi connectivity index (χ0n) is 7.98. The largest absolute Gasteiger partial charge is 0.405 e. The number of nitrogen functional groups attached to an aromatic ring is 1. The smallest absolute Gasteiger partial charge is 0.0314 e. The lowest BCUT2D eigenvalue weighted by Gasteiger charge is -2.01. The summed E-state index contributed by atoms with van der Waals surface area (Å²) in [7, 11) is 0. The molecule has 0 aliphatic carbocycles. The molecule has 0 amide bonds. The van der Waals surface area contributed by atoms with Crippen molar-refractivity contribution in [1.82, 2.24) is 0 Å². The van der Waals surface area contributed by atoms with E-state index in [1.54, 1.807) is 6.08 Å². The van der Waals surface area contributed by atoms with Gasteiger partial charge >= 0.3 is 0 Å². The number of hydrogen-bond acceptors (Lipinski definition) is 2. The normalized spacial score (nSPS) is 11.9. The highest BCUT2D eigenvalue weighted by atomic mass is 14.5. The van der Waals surface area contributed by atoms with Gasteiger partial charge in [-0.3, -0.25) is 0 Å². The van der Waals surface area contributed by atoms with Crippen LogP contribution in [0.25, 0.3) is 5.57 Å². The summed E-state index contributed by atoms with van der Waals surface area (Å²) in [4.78, 5) is 0. The summed E-state index contributed by atoms with van der Waals surface area (Å²) in [5.74, 6) is 0. The van der Waals surface area contributed by atoms with Crippen LogP contribution in [0.5, 0.6) is 0 Å². The van der Waals surface area contributed by atoms with Crippen molar-refractivity contribution in [2.24, 2.45) is 5.73 Å². The van der Waals surface area contributed by atoms with Crippen molar-refractivity contribution in [3.63, 3.8) is 0 Å². The van der Waals surface area contributed by atoms with E-state index in [2.05, 4.69) is 6.58 Å². The fourth-order valence-electron chi connectivity index (χ4n) is 1.15. The maximum absolute atomic E-state index is 5.59. The number of benzene rings is 1. The second-order valence-corrected chi connectivity index (χ2v) is 2.84. The summed E-state index contributed by atoms with van der Waals surface area (Å²) in [6.45, 7) is 3.65. The van der Waals surface area contributed by atoms with Crippen molar-refractivity contribution in [3.8, 4) is 0 Å². The Morgan fingerprint density at radius 3 is 2.36 bits per heavy atom. The third kappa shape index (κ3) is 2.52. The van der Waals surface area contributed by atoms with Crippen molar-refractivity contribution in [3.05, 3.63) is 60.8 Å². The molecule has 0 saturated carbocycles. The summed E-state index contributed by atoms with van der Waals surface area (Å²) in [5.41, 5.74) is 13.8. The van der Waals surface area contributed by atoms with E-state index in [0.717, 1.165) is 16.8 Å². The summed E-state index contributed by atoms with van der Waals surface area (Å²) >= 11 is 0. The molecule has 2 heteroatoms. The molecule has 0 fully saturated rings. The van der Waals surface area contributed by atoms with E-state index in [1.807, 2.05) is 36.4 Å². The Morgan fingerprint density at radius 1 is 1.21 bits per heavy atom. The van der Waals surface area contributed by atoms with E-state index in [0.29, 0.717) is 0 Å². The molecule has 0 aliphatic heterocycles. The van der Waals surface area contributed by atoms with E-state index >= 15 is 0 Å². The maximum Gasteiger partial charge on any atom is 0.0314 e. The van der Waals surface area contributed by atoms with Crippen molar-refractivity contribution in [2.45, 2.75) is 0 Å². The monoisotopic (exact) mass is 186 g/mol. The lowest BCUT2D eigenvalue weighted by Crippen LogP contribution is -1.86. The number of hydrogen-bond donors (Lipinski definition) is 2. The zero-order chi connectivity index (χ0) is 10.4. The van der Waals surface area contributed by atoms with Crippen LogP contribution < -0.4 is 11.5 Å². The van der Waals surface area contributed by atoms with Crippen LogP contribution >= 0.6 is 0 Å². The van der Waals surface area contributed by atoms with E-state index in [9.17, 15) is 0 Å². The Bertz CT molecular complexity index is 358. The number of anilines is 1. The third-order valence-corrected chi connectivity index (χ3v) is 1.82. The Labute approximate surface area is 84.2 Å². The van der Waals surface area contributed by atoms with Crippen LogP contribution in [0.15, 0.2) is 55.3 Å². The SMILES string of the molecule is C=C/C=C(\C=C/N)c1ccc(N)cc1. The molecule has 0 atom stereocenters. The molecule has 2 nitrogen and oxygen atoms in total. The fraction of sp³-hybridized carbons (Fsp3) is 0. The third-order valence-electron chi connectivity index (χ3n) is 1.82. The van der Waals surface area contributed by atoms with Crippen molar-refractivity contribution < 1.29 is 0 Å². The molecular formula is C12H14N2. The predicted molar refractivity (Wildman–Crippen MR) is 62.4 cm³/mol. The molecule has 1 aromatic rings. The Hall–Kier alpha value is -1.96. The standard InChI is InChI=1S/C12H14N2/c1-2-3-10(8-9-13)11-4-6-12(14)7-5-11/h2-9H,1,13-14H2/b9-8-,10-3+. The average molecular weight is 186 g/mol. The quantitative estimate of drug-likeness (QED) is 0.562. The highest BCUT2D eigenvalue weighted by Gasteiger charge is 1.95. The zero-order valence-corrected chi connectivity index (χ0v) is 7.98. The second kappa shape index (κ2) is 4.92. The van der Waals surface area contributed by atoms with Gasteiger partial charge in [-0.2, -0.15) is 0 Å². The highest BCUT2D eigenvalue weighted by molar-refractivity contribution is 5.75. The minimum absolute atomic E-state index is 0.753. The molecule has 1 rings (SSSR count). The van der Waals surface area contributed by atoms with Crippen molar-refractivity contribution in [2.75, 3.05) is 5.73 Å². The Balaban J connectivity index is 3.05. The van der Waals surface area contributed by atoms with Gasteiger partial charge in [0.1, 0.15) is 0 Å². The molecule has 0 radical (unpaired) electrons. The molecule has 0 saturated heterocycles. The first-order valence-electron chi connectivity index (χ1n) is 4.35. The van der Waals surface area contributed by atoms with E-state index in [4.69, 9.17) is 11.5 Å². The van der Waals surface area contributed by atoms with E-state index in [-0.39, 0.29) is 0 Å². The fourth-order valence-corrected chi connectivity index (χ4v) is 1.15. The van der Waals surface area contributed by atoms with Crippen LogP contribution in [0.3, 0.4) is 0 Å². The minimum Gasteiger partial charge on any atom is -0.405 e. The van der Waals surface area contributed by atoms with E-state index in [1.165, 1.54) is 6.20 Å². The van der Waals surface area contributed by atoms with Crippen LogP contribution in [0.1, 0.15) is 5.56 Å². The second-order valence-electron chi connectivity index (χ2n) is 2.84. The molecule has 72 valence electrons. The molecular weight excluding hydrogens is 172 g/mol. The Kier molecular flexibility index (Phi) is 3.56. The molecule has 0 heterocycles. The van der Waals surface area contributed by atoms with Crippen LogP contribution in [0, 0.1) is 0 Å². The molecule has 14 heavy (non-hydrogen) atoms. The summed E-state index contributed by atoms with van der Waals surface area (Å²) in [6.07, 6.45) is 6.96. The Morgan fingerprint density at radius 2 is 1.86 bits per heavy atom. The van der Waals surface area contributed by atoms with Gasteiger partial charge < -0.3 is 11.5 Å². The number of allylic oxidation sites excluding steroid dienone is 4. The van der Waals surface area contributed by atoms with Gasteiger partial charge in [-0.1, -0.05) is 30.9 Å². The molecule has 1 aromatic carbocycles. The van der Waals surface area contributed by atoms with Gasteiger partial charge in [0.25, 0.3) is 0 Å². The highest BCUT2D eigenvalue weighted by Crippen LogP contribution is 2.17. The number of nitrogens with two attached hydrogens (primary N) is 2. The van der Waals surface area contributed by atoms with Crippen molar-refractivity contribution in [1.29, 1.82) is 0 Å². The lowest BCUT2D eigenvalue weighted by atomic mass is 10.1. The summed E-state index contributed by atoms with van der Waals surface area (Å²) in [6, 6.07) is 7.61. The molecule has 0 aliphatic rings. The van der Waals surface area contributed by atoms with Gasteiger partial charge in [-0.15, -0.1) is 0 Å².